The molecule has 1 heteroatoms. The minimum Gasteiger partial charge on any atom is -0.311 e. The van der Waals surface area contributed by atoms with Crippen molar-refractivity contribution >= 4 is 0 Å². The zero-order chi connectivity index (χ0) is 7.84. The summed E-state index contributed by atoms with van der Waals surface area (Å²) < 4.78 is 0. The lowest BCUT2D eigenvalue weighted by Gasteiger charge is -2.43. The van der Waals surface area contributed by atoms with Crippen LogP contribution in [0.1, 0.15) is 33.1 Å². The van der Waals surface area contributed by atoms with Gasteiger partial charge < -0.3 is 5.32 Å². The predicted molar refractivity (Wildman–Crippen MR) is 47.5 cm³/mol. The molecule has 1 aliphatic carbocycles. The van der Waals surface area contributed by atoms with Crippen LogP contribution in [0.2, 0.25) is 0 Å². The fourth-order valence-electron chi connectivity index (χ4n) is 2.59. The summed E-state index contributed by atoms with van der Waals surface area (Å²) in [6.45, 7) is 6.04. The molecule has 0 aromatic carbocycles. The Kier molecular flexibility index (Phi) is 1.92. The van der Waals surface area contributed by atoms with Gasteiger partial charge in [-0.2, -0.15) is 0 Å². The smallest absolute Gasteiger partial charge is 0.0224 e. The minimum atomic E-state index is 0.915. The molecular formula is C10H19N. The Morgan fingerprint density at radius 2 is 2.18 bits per heavy atom. The Balaban J connectivity index is 1.76. The molecule has 11 heavy (non-hydrogen) atoms. The van der Waals surface area contributed by atoms with Crippen molar-refractivity contribution in [1.29, 1.82) is 0 Å². The second kappa shape index (κ2) is 2.78. The zero-order valence-corrected chi connectivity index (χ0v) is 7.64. The van der Waals surface area contributed by atoms with Crippen LogP contribution in [0.4, 0.5) is 0 Å². The van der Waals surface area contributed by atoms with Gasteiger partial charge in [-0.15, -0.1) is 0 Å². The maximum Gasteiger partial charge on any atom is 0.0224 e. The lowest BCUT2D eigenvalue weighted by Crippen LogP contribution is -2.38. The Morgan fingerprint density at radius 3 is 2.64 bits per heavy atom. The lowest BCUT2D eigenvalue weighted by atomic mass is 9.63. The molecule has 1 saturated heterocycles. The molecule has 64 valence electrons. The molecule has 4 atom stereocenters. The highest BCUT2D eigenvalue weighted by Gasteiger charge is 2.45. The standard InChI is InChI=1S/C10H19N/c1-3-4-8-5-9(7(8)2)10-6-11-10/h7-11H,3-6H2,1-2H3. The van der Waals surface area contributed by atoms with Gasteiger partial charge in [0, 0.05) is 12.6 Å². The molecule has 1 N–H and O–H groups in total. The van der Waals surface area contributed by atoms with Crippen molar-refractivity contribution in [2.45, 2.75) is 39.2 Å². The van der Waals surface area contributed by atoms with E-state index < -0.39 is 0 Å². The van der Waals surface area contributed by atoms with Gasteiger partial charge in [0.1, 0.15) is 0 Å². The largest absolute Gasteiger partial charge is 0.311 e. The van der Waals surface area contributed by atoms with Crippen LogP contribution in [0, 0.1) is 17.8 Å². The average Bonchev–Trinajstić information content (AvgIpc) is 2.79. The summed E-state index contributed by atoms with van der Waals surface area (Å²) in [6, 6.07) is 0.915. The molecular weight excluding hydrogens is 134 g/mol. The fourth-order valence-corrected chi connectivity index (χ4v) is 2.59. The van der Waals surface area contributed by atoms with E-state index in [9.17, 15) is 0 Å². The average molecular weight is 153 g/mol. The number of hydrogen-bond acceptors (Lipinski definition) is 1. The molecule has 1 heterocycles. The quantitative estimate of drug-likeness (QED) is 0.616. The third-order valence-electron chi connectivity index (χ3n) is 3.61. The van der Waals surface area contributed by atoms with Gasteiger partial charge in [0.15, 0.2) is 0 Å². The Labute approximate surface area is 69.6 Å². The van der Waals surface area contributed by atoms with Gasteiger partial charge in [-0.1, -0.05) is 26.7 Å². The first kappa shape index (κ1) is 7.60. The van der Waals surface area contributed by atoms with Gasteiger partial charge in [0.2, 0.25) is 0 Å². The third kappa shape index (κ3) is 1.31. The van der Waals surface area contributed by atoms with Crippen LogP contribution >= 0.6 is 0 Å². The molecule has 0 aromatic rings. The highest BCUT2D eigenvalue weighted by molar-refractivity contribution is 5.00. The Bertz CT molecular complexity index is 140. The Hall–Kier alpha value is -0.0400. The van der Waals surface area contributed by atoms with E-state index in [4.69, 9.17) is 0 Å². The summed E-state index contributed by atoms with van der Waals surface area (Å²) in [6.07, 6.45) is 4.34. The van der Waals surface area contributed by atoms with Crippen molar-refractivity contribution in [3.63, 3.8) is 0 Å². The first-order valence-electron chi connectivity index (χ1n) is 5.06. The SMILES string of the molecule is CCCC1CC(C2CN2)C1C. The van der Waals surface area contributed by atoms with Gasteiger partial charge in [0.05, 0.1) is 0 Å². The molecule has 0 radical (unpaired) electrons. The third-order valence-corrected chi connectivity index (χ3v) is 3.61. The lowest BCUT2D eigenvalue weighted by molar-refractivity contribution is 0.0783. The monoisotopic (exact) mass is 153 g/mol. The van der Waals surface area contributed by atoms with E-state index in [1.807, 2.05) is 0 Å². The second-order valence-corrected chi connectivity index (χ2v) is 4.32. The minimum absolute atomic E-state index is 0.915. The maximum absolute atomic E-state index is 3.43. The fraction of sp³-hybridized carbons (Fsp3) is 1.00. The van der Waals surface area contributed by atoms with Crippen molar-refractivity contribution in [2.75, 3.05) is 6.54 Å². The molecule has 1 aliphatic heterocycles. The van der Waals surface area contributed by atoms with E-state index in [0.29, 0.717) is 0 Å². The zero-order valence-electron chi connectivity index (χ0n) is 7.64. The highest BCUT2D eigenvalue weighted by atomic mass is 15.1. The van der Waals surface area contributed by atoms with Gasteiger partial charge in [0.25, 0.3) is 0 Å². The number of hydrogen-bond donors (Lipinski definition) is 1. The van der Waals surface area contributed by atoms with E-state index in [-0.39, 0.29) is 0 Å². The van der Waals surface area contributed by atoms with Gasteiger partial charge in [-0.05, 0) is 24.2 Å². The number of nitrogens with one attached hydrogen (secondary N) is 1. The first-order valence-corrected chi connectivity index (χ1v) is 5.06. The Morgan fingerprint density at radius 1 is 1.45 bits per heavy atom. The molecule has 0 amide bonds. The highest BCUT2D eigenvalue weighted by Crippen LogP contribution is 2.46. The van der Waals surface area contributed by atoms with E-state index in [2.05, 4.69) is 19.2 Å². The summed E-state index contributed by atoms with van der Waals surface area (Å²) in [4.78, 5) is 0. The van der Waals surface area contributed by atoms with E-state index in [1.54, 1.807) is 0 Å². The van der Waals surface area contributed by atoms with E-state index >= 15 is 0 Å². The number of rotatable bonds is 3. The van der Waals surface area contributed by atoms with Crippen molar-refractivity contribution in [3.05, 3.63) is 0 Å². The molecule has 1 saturated carbocycles. The van der Waals surface area contributed by atoms with E-state index in [1.165, 1.54) is 25.8 Å². The summed E-state index contributed by atoms with van der Waals surface area (Å²) in [5.74, 6) is 3.11. The normalized spacial score (nSPS) is 48.5. The van der Waals surface area contributed by atoms with Crippen molar-refractivity contribution < 1.29 is 0 Å². The topological polar surface area (TPSA) is 21.9 Å². The van der Waals surface area contributed by atoms with Crippen LogP contribution in [-0.2, 0) is 0 Å². The maximum atomic E-state index is 3.43. The summed E-state index contributed by atoms with van der Waals surface area (Å²) in [7, 11) is 0. The predicted octanol–water partition coefficient (Wildman–Crippen LogP) is 2.03. The summed E-state index contributed by atoms with van der Waals surface area (Å²) in [5, 5.41) is 3.43. The molecule has 0 bridgehead atoms. The summed E-state index contributed by atoms with van der Waals surface area (Å²) >= 11 is 0. The van der Waals surface area contributed by atoms with Crippen LogP contribution in [0.15, 0.2) is 0 Å². The van der Waals surface area contributed by atoms with Crippen molar-refractivity contribution in [3.8, 4) is 0 Å². The van der Waals surface area contributed by atoms with E-state index in [0.717, 1.165) is 23.8 Å². The second-order valence-electron chi connectivity index (χ2n) is 4.32. The van der Waals surface area contributed by atoms with Crippen LogP contribution < -0.4 is 5.32 Å². The molecule has 2 fully saturated rings. The molecule has 0 aromatic heterocycles. The molecule has 2 aliphatic rings. The van der Waals surface area contributed by atoms with Crippen molar-refractivity contribution in [1.82, 2.24) is 5.32 Å². The van der Waals surface area contributed by atoms with Crippen LogP contribution in [0.25, 0.3) is 0 Å². The van der Waals surface area contributed by atoms with Crippen LogP contribution in [-0.4, -0.2) is 12.6 Å². The van der Waals surface area contributed by atoms with Gasteiger partial charge in [-0.25, -0.2) is 0 Å². The molecule has 0 spiro atoms. The molecule has 2 rings (SSSR count). The van der Waals surface area contributed by atoms with Crippen molar-refractivity contribution in [2.24, 2.45) is 17.8 Å². The van der Waals surface area contributed by atoms with Gasteiger partial charge >= 0.3 is 0 Å². The molecule has 1 nitrogen and oxygen atoms in total. The molecule has 4 unspecified atom stereocenters. The van der Waals surface area contributed by atoms with Gasteiger partial charge in [-0.3, -0.25) is 0 Å². The summed E-state index contributed by atoms with van der Waals surface area (Å²) in [5.41, 5.74) is 0. The van der Waals surface area contributed by atoms with Crippen LogP contribution in [0.5, 0.6) is 0 Å². The van der Waals surface area contributed by atoms with Crippen LogP contribution in [0.3, 0.4) is 0 Å². The first-order chi connectivity index (χ1) is 5.33.